The van der Waals surface area contributed by atoms with Crippen molar-refractivity contribution in [2.45, 2.75) is 0 Å². The first-order valence-corrected chi connectivity index (χ1v) is 7.42. The predicted octanol–water partition coefficient (Wildman–Crippen LogP) is 4.09. The van der Waals surface area contributed by atoms with Gasteiger partial charge in [0.2, 0.25) is 0 Å². The van der Waals surface area contributed by atoms with E-state index in [1.165, 1.54) is 24.3 Å². The maximum atomic E-state index is 14.1. The van der Waals surface area contributed by atoms with E-state index in [1.54, 1.807) is 29.8 Å². The zero-order valence-electron chi connectivity index (χ0n) is 13.3. The minimum absolute atomic E-state index is 0.00605. The molecule has 0 bridgehead atoms. The molecule has 1 heterocycles. The standard InChI is InChI=1S/C19H13F2N3O/c1-24-15(11-22)7-9-18(24)13-4-8-16(21)17(10-13)23-19(25)12-2-5-14(20)6-3-12/h2-10H,1H3,(H,23,25). The number of rotatable bonds is 3. The molecule has 1 N–H and O–H groups in total. The van der Waals surface area contributed by atoms with E-state index in [2.05, 4.69) is 11.4 Å². The normalized spacial score (nSPS) is 10.3. The largest absolute Gasteiger partial charge is 0.335 e. The van der Waals surface area contributed by atoms with Crippen LogP contribution in [0.2, 0.25) is 0 Å². The molecule has 3 aromatic rings. The van der Waals surface area contributed by atoms with Crippen LogP contribution in [0.25, 0.3) is 11.3 Å². The van der Waals surface area contributed by atoms with Gasteiger partial charge in [-0.15, -0.1) is 0 Å². The lowest BCUT2D eigenvalue weighted by molar-refractivity contribution is 0.102. The van der Waals surface area contributed by atoms with Crippen molar-refractivity contribution in [2.24, 2.45) is 7.05 Å². The number of aromatic nitrogens is 1. The molecule has 4 nitrogen and oxygen atoms in total. The molecule has 0 aliphatic rings. The van der Waals surface area contributed by atoms with Gasteiger partial charge in [-0.3, -0.25) is 4.79 Å². The summed E-state index contributed by atoms with van der Waals surface area (Å²) in [5.41, 5.74) is 2.06. The van der Waals surface area contributed by atoms with Gasteiger partial charge in [-0.2, -0.15) is 5.26 Å². The predicted molar refractivity (Wildman–Crippen MR) is 89.9 cm³/mol. The number of nitriles is 1. The summed E-state index contributed by atoms with van der Waals surface area (Å²) >= 11 is 0. The van der Waals surface area contributed by atoms with Crippen molar-refractivity contribution in [2.75, 3.05) is 5.32 Å². The molecule has 6 heteroatoms. The van der Waals surface area contributed by atoms with Crippen LogP contribution in [0, 0.1) is 23.0 Å². The molecule has 1 aromatic heterocycles. The smallest absolute Gasteiger partial charge is 0.255 e. The summed E-state index contributed by atoms with van der Waals surface area (Å²) in [5.74, 6) is -1.59. The molecule has 1 amide bonds. The number of nitrogens with zero attached hydrogens (tertiary/aromatic N) is 2. The van der Waals surface area contributed by atoms with Gasteiger partial charge < -0.3 is 9.88 Å². The van der Waals surface area contributed by atoms with E-state index in [1.807, 2.05) is 0 Å². The molecule has 124 valence electrons. The Kier molecular flexibility index (Phi) is 4.31. The SMILES string of the molecule is Cn1c(C#N)ccc1-c1ccc(F)c(NC(=O)c2ccc(F)cc2)c1. The molecule has 0 saturated heterocycles. The van der Waals surface area contributed by atoms with E-state index in [4.69, 9.17) is 5.26 Å². The Labute approximate surface area is 142 Å². The second-order valence-corrected chi connectivity index (χ2v) is 5.43. The highest BCUT2D eigenvalue weighted by Gasteiger charge is 2.13. The number of hydrogen-bond donors (Lipinski definition) is 1. The first-order valence-electron chi connectivity index (χ1n) is 7.42. The van der Waals surface area contributed by atoms with Gasteiger partial charge in [0.25, 0.3) is 5.91 Å². The Morgan fingerprint density at radius 3 is 2.44 bits per heavy atom. The summed E-state index contributed by atoms with van der Waals surface area (Å²) in [7, 11) is 1.73. The lowest BCUT2D eigenvalue weighted by atomic mass is 10.1. The van der Waals surface area contributed by atoms with Crippen LogP contribution in [-0.2, 0) is 7.05 Å². The molecule has 0 radical (unpaired) electrons. The second-order valence-electron chi connectivity index (χ2n) is 5.43. The van der Waals surface area contributed by atoms with Crippen LogP contribution in [0.1, 0.15) is 16.1 Å². The average Bonchev–Trinajstić information content (AvgIpc) is 2.98. The van der Waals surface area contributed by atoms with Crippen molar-refractivity contribution < 1.29 is 13.6 Å². The first kappa shape index (κ1) is 16.4. The van der Waals surface area contributed by atoms with Gasteiger partial charge in [0.15, 0.2) is 0 Å². The summed E-state index contributed by atoms with van der Waals surface area (Å²) in [6.07, 6.45) is 0. The quantitative estimate of drug-likeness (QED) is 0.782. The van der Waals surface area contributed by atoms with E-state index in [0.29, 0.717) is 17.0 Å². The van der Waals surface area contributed by atoms with Gasteiger partial charge >= 0.3 is 0 Å². The van der Waals surface area contributed by atoms with E-state index >= 15 is 0 Å². The number of nitrogens with one attached hydrogen (secondary N) is 1. The number of amides is 1. The van der Waals surface area contributed by atoms with E-state index in [-0.39, 0.29) is 11.3 Å². The third kappa shape index (κ3) is 3.26. The Hall–Kier alpha value is -3.46. The number of carbonyl (C=O) groups excluding carboxylic acids is 1. The van der Waals surface area contributed by atoms with Gasteiger partial charge in [-0.05, 0) is 54.6 Å². The summed E-state index contributed by atoms with van der Waals surface area (Å²) < 4.78 is 28.7. The molecule has 0 atom stereocenters. The summed E-state index contributed by atoms with van der Waals surface area (Å²) in [6.45, 7) is 0. The summed E-state index contributed by atoms with van der Waals surface area (Å²) in [6, 6.07) is 14.7. The molecule has 25 heavy (non-hydrogen) atoms. The molecule has 0 fully saturated rings. The molecule has 3 rings (SSSR count). The lowest BCUT2D eigenvalue weighted by Gasteiger charge is -2.10. The Morgan fingerprint density at radius 1 is 1.08 bits per heavy atom. The van der Waals surface area contributed by atoms with Crippen molar-refractivity contribution in [3.05, 3.63) is 77.5 Å². The molecule has 0 aliphatic heterocycles. The van der Waals surface area contributed by atoms with E-state index in [0.717, 1.165) is 12.1 Å². The maximum absolute atomic E-state index is 14.1. The van der Waals surface area contributed by atoms with Crippen molar-refractivity contribution in [1.29, 1.82) is 5.26 Å². The fourth-order valence-corrected chi connectivity index (χ4v) is 2.49. The zero-order valence-corrected chi connectivity index (χ0v) is 13.3. The lowest BCUT2D eigenvalue weighted by Crippen LogP contribution is -2.13. The van der Waals surface area contributed by atoms with Crippen LogP contribution in [0.5, 0.6) is 0 Å². The number of halogens is 2. The molecule has 0 spiro atoms. The van der Waals surface area contributed by atoms with E-state index in [9.17, 15) is 13.6 Å². The second kappa shape index (κ2) is 6.57. The van der Waals surface area contributed by atoms with Crippen LogP contribution >= 0.6 is 0 Å². The van der Waals surface area contributed by atoms with Crippen molar-refractivity contribution in [1.82, 2.24) is 4.57 Å². The van der Waals surface area contributed by atoms with Crippen LogP contribution < -0.4 is 5.32 Å². The summed E-state index contributed by atoms with van der Waals surface area (Å²) in [4.78, 5) is 12.2. The van der Waals surface area contributed by atoms with Crippen molar-refractivity contribution in [3.63, 3.8) is 0 Å². The zero-order chi connectivity index (χ0) is 18.0. The highest BCUT2D eigenvalue weighted by atomic mass is 19.1. The topological polar surface area (TPSA) is 57.8 Å². The Morgan fingerprint density at radius 2 is 1.80 bits per heavy atom. The minimum Gasteiger partial charge on any atom is -0.335 e. The third-order valence-corrected chi connectivity index (χ3v) is 3.85. The Bertz CT molecular complexity index is 985. The van der Waals surface area contributed by atoms with Gasteiger partial charge in [0.1, 0.15) is 23.4 Å². The number of benzene rings is 2. The van der Waals surface area contributed by atoms with Gasteiger partial charge in [-0.25, -0.2) is 8.78 Å². The van der Waals surface area contributed by atoms with Gasteiger partial charge in [0.05, 0.1) is 5.69 Å². The van der Waals surface area contributed by atoms with Crippen LogP contribution in [0.3, 0.4) is 0 Å². The highest BCUT2D eigenvalue weighted by Crippen LogP contribution is 2.26. The highest BCUT2D eigenvalue weighted by molar-refractivity contribution is 6.04. The number of hydrogen-bond acceptors (Lipinski definition) is 2. The Balaban J connectivity index is 1.92. The van der Waals surface area contributed by atoms with E-state index < -0.39 is 17.5 Å². The molecule has 2 aromatic carbocycles. The minimum atomic E-state index is -0.589. The van der Waals surface area contributed by atoms with Crippen LogP contribution in [0.15, 0.2) is 54.6 Å². The van der Waals surface area contributed by atoms with Crippen molar-refractivity contribution in [3.8, 4) is 17.3 Å². The number of carbonyl (C=O) groups is 1. The molecule has 0 aliphatic carbocycles. The third-order valence-electron chi connectivity index (χ3n) is 3.85. The monoisotopic (exact) mass is 337 g/mol. The molecular formula is C19H13F2N3O. The van der Waals surface area contributed by atoms with Gasteiger partial charge in [-0.1, -0.05) is 0 Å². The fourth-order valence-electron chi connectivity index (χ4n) is 2.49. The summed E-state index contributed by atoms with van der Waals surface area (Å²) in [5, 5.41) is 11.5. The van der Waals surface area contributed by atoms with Crippen molar-refractivity contribution >= 4 is 11.6 Å². The maximum Gasteiger partial charge on any atom is 0.255 e. The fraction of sp³-hybridized carbons (Fsp3) is 0.0526. The van der Waals surface area contributed by atoms with Crippen LogP contribution in [0.4, 0.5) is 14.5 Å². The molecule has 0 unspecified atom stereocenters. The number of anilines is 1. The van der Waals surface area contributed by atoms with Crippen LogP contribution in [-0.4, -0.2) is 10.5 Å². The molecule has 0 saturated carbocycles. The average molecular weight is 337 g/mol. The van der Waals surface area contributed by atoms with Gasteiger partial charge in [0, 0.05) is 23.9 Å². The first-order chi connectivity index (χ1) is 12.0. The molecular weight excluding hydrogens is 324 g/mol.